The number of hydrogen-bond donors (Lipinski definition) is 0. The number of benzene rings is 4. The molecule has 0 aliphatic rings. The highest BCUT2D eigenvalue weighted by atomic mass is 14.9. The summed E-state index contributed by atoms with van der Waals surface area (Å²) in [5.74, 6) is 0.759. The van der Waals surface area contributed by atoms with Crippen molar-refractivity contribution in [2.24, 2.45) is 0 Å². The lowest BCUT2D eigenvalue weighted by Gasteiger charge is -2.10. The number of nitrogens with zero attached hydrogens (tertiary/aromatic N) is 2. The van der Waals surface area contributed by atoms with E-state index in [1.807, 2.05) is 18.2 Å². The topological polar surface area (TPSA) is 25.8 Å². The molecule has 5 aromatic rings. The van der Waals surface area contributed by atoms with Crippen molar-refractivity contribution in [1.82, 2.24) is 9.97 Å². The molecule has 29 heavy (non-hydrogen) atoms. The minimum atomic E-state index is 0.759. The van der Waals surface area contributed by atoms with E-state index in [0.29, 0.717) is 0 Å². The second-order valence-electron chi connectivity index (χ2n) is 7.23. The van der Waals surface area contributed by atoms with Gasteiger partial charge in [-0.2, -0.15) is 0 Å². The Labute approximate surface area is 170 Å². The summed E-state index contributed by atoms with van der Waals surface area (Å²) in [5, 5.41) is 1.07. The van der Waals surface area contributed by atoms with Crippen LogP contribution < -0.4 is 0 Å². The fraction of sp³-hybridized carbons (Fsp3) is 0.0370. The van der Waals surface area contributed by atoms with E-state index in [-0.39, 0.29) is 0 Å². The summed E-state index contributed by atoms with van der Waals surface area (Å²) in [5.41, 5.74) is 7.68. The summed E-state index contributed by atoms with van der Waals surface area (Å²) >= 11 is 0. The maximum Gasteiger partial charge on any atom is 0.160 e. The van der Waals surface area contributed by atoms with Gasteiger partial charge in [0.25, 0.3) is 0 Å². The first-order chi connectivity index (χ1) is 14.3. The highest BCUT2D eigenvalue weighted by Gasteiger charge is 2.11. The van der Waals surface area contributed by atoms with E-state index in [9.17, 15) is 0 Å². The van der Waals surface area contributed by atoms with Crippen LogP contribution >= 0.6 is 0 Å². The fourth-order valence-electron chi connectivity index (χ4n) is 3.66. The van der Waals surface area contributed by atoms with Crippen LogP contribution in [0.5, 0.6) is 0 Å². The standard InChI is InChI=1S/C27H20N2/c1-19-8-7-11-23(18-19)27-28-25-13-6-5-12-24(25)26(29-27)22-16-14-21(15-17-22)20-9-3-2-4-10-20/h2-18H,1H3. The SMILES string of the molecule is Cc1cccc(-c2nc(-c3ccc(-c4ccccc4)cc3)c3ccccc3n2)c1. The van der Waals surface area contributed by atoms with E-state index in [1.165, 1.54) is 16.7 Å². The number of rotatable bonds is 3. The van der Waals surface area contributed by atoms with E-state index in [2.05, 4.69) is 91.9 Å². The minimum absolute atomic E-state index is 0.759. The van der Waals surface area contributed by atoms with Crippen LogP contribution in [-0.2, 0) is 0 Å². The van der Waals surface area contributed by atoms with Crippen LogP contribution in [-0.4, -0.2) is 9.97 Å². The molecule has 0 aliphatic heterocycles. The van der Waals surface area contributed by atoms with Gasteiger partial charge in [0.05, 0.1) is 11.2 Å². The number of aromatic nitrogens is 2. The van der Waals surface area contributed by atoms with Crippen molar-refractivity contribution in [2.75, 3.05) is 0 Å². The normalized spacial score (nSPS) is 10.9. The third-order valence-electron chi connectivity index (χ3n) is 5.14. The third-order valence-corrected chi connectivity index (χ3v) is 5.14. The van der Waals surface area contributed by atoms with Crippen LogP contribution in [0.25, 0.3) is 44.7 Å². The molecule has 1 aromatic heterocycles. The first kappa shape index (κ1) is 17.3. The summed E-state index contributed by atoms with van der Waals surface area (Å²) in [6, 6.07) is 35.6. The smallest absolute Gasteiger partial charge is 0.160 e. The number of fused-ring (bicyclic) bond motifs is 1. The van der Waals surface area contributed by atoms with Crippen LogP contribution in [0.1, 0.15) is 5.56 Å². The molecule has 2 heteroatoms. The highest BCUT2D eigenvalue weighted by molar-refractivity contribution is 5.93. The second-order valence-corrected chi connectivity index (χ2v) is 7.23. The molecule has 0 amide bonds. The van der Waals surface area contributed by atoms with E-state index >= 15 is 0 Å². The molecule has 1 heterocycles. The Kier molecular flexibility index (Phi) is 4.38. The zero-order chi connectivity index (χ0) is 19.6. The molecule has 0 radical (unpaired) electrons. The summed E-state index contributed by atoms with van der Waals surface area (Å²) in [6.07, 6.45) is 0. The van der Waals surface area contributed by atoms with E-state index in [0.717, 1.165) is 33.5 Å². The lowest BCUT2D eigenvalue weighted by molar-refractivity contribution is 1.22. The predicted molar refractivity (Wildman–Crippen MR) is 121 cm³/mol. The molecule has 2 nitrogen and oxygen atoms in total. The van der Waals surface area contributed by atoms with Crippen molar-refractivity contribution in [3.8, 4) is 33.8 Å². The Morgan fingerprint density at radius 2 is 1.17 bits per heavy atom. The van der Waals surface area contributed by atoms with Gasteiger partial charge in [0.2, 0.25) is 0 Å². The monoisotopic (exact) mass is 372 g/mol. The van der Waals surface area contributed by atoms with Crippen LogP contribution in [0.4, 0.5) is 0 Å². The molecule has 0 saturated heterocycles. The first-order valence-electron chi connectivity index (χ1n) is 9.78. The lowest BCUT2D eigenvalue weighted by Crippen LogP contribution is -1.95. The molecule has 0 saturated carbocycles. The van der Waals surface area contributed by atoms with Gasteiger partial charge < -0.3 is 0 Å². The molecule has 0 aliphatic carbocycles. The average Bonchev–Trinajstić information content (AvgIpc) is 2.79. The van der Waals surface area contributed by atoms with Gasteiger partial charge in [-0.15, -0.1) is 0 Å². The molecule has 0 spiro atoms. The first-order valence-corrected chi connectivity index (χ1v) is 9.78. The molecular weight excluding hydrogens is 352 g/mol. The number of hydrogen-bond acceptors (Lipinski definition) is 2. The summed E-state index contributed by atoms with van der Waals surface area (Å²) in [4.78, 5) is 9.80. The van der Waals surface area contributed by atoms with Crippen molar-refractivity contribution in [3.05, 3.63) is 109 Å². The van der Waals surface area contributed by atoms with E-state index in [4.69, 9.17) is 9.97 Å². The summed E-state index contributed by atoms with van der Waals surface area (Å²) in [7, 11) is 0. The average molecular weight is 372 g/mol. The van der Waals surface area contributed by atoms with Crippen LogP contribution in [0, 0.1) is 6.92 Å². The molecular formula is C27H20N2. The quantitative estimate of drug-likeness (QED) is 0.343. The number of para-hydroxylation sites is 1. The molecule has 4 aromatic carbocycles. The van der Waals surface area contributed by atoms with Gasteiger partial charge in [-0.05, 0) is 30.2 Å². The van der Waals surface area contributed by atoms with Crippen molar-refractivity contribution in [3.63, 3.8) is 0 Å². The van der Waals surface area contributed by atoms with Gasteiger partial charge in [-0.25, -0.2) is 9.97 Å². The largest absolute Gasteiger partial charge is 0.228 e. The Bertz CT molecular complexity index is 1290. The van der Waals surface area contributed by atoms with Crippen LogP contribution in [0.2, 0.25) is 0 Å². The highest BCUT2D eigenvalue weighted by Crippen LogP contribution is 2.30. The summed E-state index contributed by atoms with van der Waals surface area (Å²) in [6.45, 7) is 2.09. The maximum atomic E-state index is 4.97. The molecule has 5 rings (SSSR count). The van der Waals surface area contributed by atoms with E-state index in [1.54, 1.807) is 0 Å². The molecule has 0 fully saturated rings. The number of aryl methyl sites for hydroxylation is 1. The fourth-order valence-corrected chi connectivity index (χ4v) is 3.66. The van der Waals surface area contributed by atoms with Crippen LogP contribution in [0.3, 0.4) is 0 Å². The third kappa shape index (κ3) is 3.41. The molecule has 138 valence electrons. The van der Waals surface area contributed by atoms with Crippen LogP contribution in [0.15, 0.2) is 103 Å². The van der Waals surface area contributed by atoms with Gasteiger partial charge in [-0.1, -0.05) is 96.6 Å². The molecule has 0 bridgehead atoms. The second kappa shape index (κ2) is 7.33. The lowest BCUT2D eigenvalue weighted by atomic mass is 10.0. The van der Waals surface area contributed by atoms with Crippen molar-refractivity contribution >= 4 is 10.9 Å². The Morgan fingerprint density at radius 3 is 1.97 bits per heavy atom. The Morgan fingerprint density at radius 1 is 0.517 bits per heavy atom. The maximum absolute atomic E-state index is 4.97. The summed E-state index contributed by atoms with van der Waals surface area (Å²) < 4.78 is 0. The van der Waals surface area contributed by atoms with Crippen molar-refractivity contribution in [1.29, 1.82) is 0 Å². The van der Waals surface area contributed by atoms with Gasteiger partial charge in [0.1, 0.15) is 0 Å². The Balaban J connectivity index is 1.66. The van der Waals surface area contributed by atoms with Gasteiger partial charge in [-0.3, -0.25) is 0 Å². The van der Waals surface area contributed by atoms with E-state index < -0.39 is 0 Å². The molecule has 0 N–H and O–H groups in total. The molecule has 0 unspecified atom stereocenters. The molecule has 0 atom stereocenters. The van der Waals surface area contributed by atoms with Crippen molar-refractivity contribution in [2.45, 2.75) is 6.92 Å². The van der Waals surface area contributed by atoms with Crippen molar-refractivity contribution < 1.29 is 0 Å². The Hall–Kier alpha value is -3.78. The van der Waals surface area contributed by atoms with Gasteiger partial charge in [0, 0.05) is 16.5 Å². The van der Waals surface area contributed by atoms with Gasteiger partial charge in [0.15, 0.2) is 5.82 Å². The zero-order valence-electron chi connectivity index (χ0n) is 16.2. The van der Waals surface area contributed by atoms with Gasteiger partial charge >= 0.3 is 0 Å². The minimum Gasteiger partial charge on any atom is -0.228 e. The zero-order valence-corrected chi connectivity index (χ0v) is 16.2. The predicted octanol–water partition coefficient (Wildman–Crippen LogP) is 6.94.